The van der Waals surface area contributed by atoms with Gasteiger partial charge in [0.15, 0.2) is 5.82 Å². The molecule has 9 heteroatoms. The van der Waals surface area contributed by atoms with Crippen LogP contribution in [0.3, 0.4) is 0 Å². The predicted molar refractivity (Wildman–Crippen MR) is 99.8 cm³/mol. The second-order valence-corrected chi connectivity index (χ2v) is 7.79. The summed E-state index contributed by atoms with van der Waals surface area (Å²) in [6.45, 7) is 6.39. The van der Waals surface area contributed by atoms with E-state index >= 15 is 0 Å². The molecule has 0 N–H and O–H groups in total. The molecule has 2 aromatic rings. The lowest BCUT2D eigenvalue weighted by Gasteiger charge is -2.45. The topological polar surface area (TPSA) is 92.9 Å². The van der Waals surface area contributed by atoms with Gasteiger partial charge in [-0.1, -0.05) is 13.8 Å². The Bertz CT molecular complexity index is 760. The van der Waals surface area contributed by atoms with Crippen LogP contribution in [0.4, 0.5) is 0 Å². The Labute approximate surface area is 159 Å². The van der Waals surface area contributed by atoms with Crippen LogP contribution in [0.2, 0.25) is 0 Å². The van der Waals surface area contributed by atoms with Gasteiger partial charge in [0.05, 0.1) is 5.56 Å². The van der Waals surface area contributed by atoms with E-state index in [1.165, 1.54) is 6.33 Å². The lowest BCUT2D eigenvalue weighted by atomic mass is 9.86. The summed E-state index contributed by atoms with van der Waals surface area (Å²) in [6, 6.07) is 0. The van der Waals surface area contributed by atoms with E-state index in [-0.39, 0.29) is 5.91 Å². The van der Waals surface area contributed by atoms with Crippen LogP contribution in [0.25, 0.3) is 0 Å². The van der Waals surface area contributed by atoms with Crippen LogP contribution in [0.15, 0.2) is 18.7 Å². The smallest absolute Gasteiger partial charge is 0.257 e. The number of likely N-dealkylation sites (tertiary alicyclic amines) is 1. The highest BCUT2D eigenvalue weighted by Crippen LogP contribution is 2.35. The van der Waals surface area contributed by atoms with Gasteiger partial charge in [-0.25, -0.2) is 14.6 Å². The van der Waals surface area contributed by atoms with E-state index in [9.17, 15) is 4.79 Å². The summed E-state index contributed by atoms with van der Waals surface area (Å²) in [7, 11) is 4.06. The number of hydrogen-bond donors (Lipinski definition) is 0. The van der Waals surface area contributed by atoms with Gasteiger partial charge in [0.1, 0.15) is 11.9 Å². The van der Waals surface area contributed by atoms with Crippen molar-refractivity contribution in [2.24, 2.45) is 5.92 Å². The van der Waals surface area contributed by atoms with E-state index < -0.39 is 5.54 Å². The van der Waals surface area contributed by atoms with Crippen molar-refractivity contribution in [2.75, 3.05) is 27.2 Å². The molecule has 1 aliphatic heterocycles. The number of likely N-dealkylation sites (N-methyl/N-ethyl adjacent to an activating group) is 1. The summed E-state index contributed by atoms with van der Waals surface area (Å²) in [5.41, 5.74) is 0.0933. The fourth-order valence-electron chi connectivity index (χ4n) is 3.62. The number of carbonyl (C=O) groups excluding carboxylic acids is 1. The van der Waals surface area contributed by atoms with Crippen molar-refractivity contribution >= 4 is 5.91 Å². The fourth-order valence-corrected chi connectivity index (χ4v) is 3.62. The van der Waals surface area contributed by atoms with E-state index in [0.717, 1.165) is 31.6 Å². The molecule has 0 aliphatic carbocycles. The monoisotopic (exact) mass is 372 g/mol. The van der Waals surface area contributed by atoms with Crippen molar-refractivity contribution in [1.82, 2.24) is 40.0 Å². The Hall–Kier alpha value is -2.42. The first kappa shape index (κ1) is 19.3. The molecule has 3 heterocycles. The molecule has 0 spiro atoms. The highest BCUT2D eigenvalue weighted by Gasteiger charge is 2.44. The molecule has 0 saturated carbocycles. The van der Waals surface area contributed by atoms with Crippen LogP contribution in [-0.4, -0.2) is 73.1 Å². The van der Waals surface area contributed by atoms with Gasteiger partial charge >= 0.3 is 0 Å². The maximum absolute atomic E-state index is 12.9. The first-order chi connectivity index (χ1) is 12.9. The zero-order valence-corrected chi connectivity index (χ0v) is 16.5. The summed E-state index contributed by atoms with van der Waals surface area (Å²) in [6.07, 6.45) is 7.35. The molecule has 1 aliphatic rings. The number of aromatic nitrogens is 6. The Balaban J connectivity index is 1.89. The normalized spacial score (nSPS) is 20.4. The minimum absolute atomic E-state index is 0.0530. The van der Waals surface area contributed by atoms with Gasteiger partial charge in [-0.3, -0.25) is 9.69 Å². The summed E-state index contributed by atoms with van der Waals surface area (Å²) in [4.78, 5) is 24.9. The first-order valence-corrected chi connectivity index (χ1v) is 9.42. The number of aryl methyl sites for hydroxylation is 1. The number of carbonyl (C=O) groups is 1. The van der Waals surface area contributed by atoms with E-state index in [0.29, 0.717) is 24.6 Å². The van der Waals surface area contributed by atoms with Gasteiger partial charge in [-0.15, -0.1) is 5.10 Å². The SMILES string of the molecule is CC(C)CCn1nnnc1C1(N(C)C)CCCN(C(=O)c2cncnc2)C1. The molecular formula is C18H28N8O. The largest absolute Gasteiger partial charge is 0.336 e. The molecule has 27 heavy (non-hydrogen) atoms. The van der Waals surface area contributed by atoms with Crippen LogP contribution in [-0.2, 0) is 12.1 Å². The minimum Gasteiger partial charge on any atom is -0.336 e. The van der Waals surface area contributed by atoms with Crippen LogP contribution in [0.1, 0.15) is 49.3 Å². The molecule has 3 rings (SSSR count). The van der Waals surface area contributed by atoms with Gasteiger partial charge in [-0.05, 0) is 49.7 Å². The van der Waals surface area contributed by atoms with Gasteiger partial charge in [0, 0.05) is 32.0 Å². The molecule has 1 atom stereocenters. The van der Waals surface area contributed by atoms with Crippen molar-refractivity contribution in [2.45, 2.75) is 45.2 Å². The number of hydrogen-bond acceptors (Lipinski definition) is 7. The number of nitrogens with zero attached hydrogens (tertiary/aromatic N) is 8. The highest BCUT2D eigenvalue weighted by atomic mass is 16.2. The first-order valence-electron chi connectivity index (χ1n) is 9.42. The molecule has 1 amide bonds. The quantitative estimate of drug-likeness (QED) is 0.752. The van der Waals surface area contributed by atoms with Crippen LogP contribution >= 0.6 is 0 Å². The van der Waals surface area contributed by atoms with Crippen molar-refractivity contribution < 1.29 is 4.79 Å². The summed E-state index contributed by atoms with van der Waals surface area (Å²) in [5, 5.41) is 12.5. The van der Waals surface area contributed by atoms with Crippen LogP contribution in [0.5, 0.6) is 0 Å². The second-order valence-electron chi connectivity index (χ2n) is 7.79. The van der Waals surface area contributed by atoms with Gasteiger partial charge < -0.3 is 4.90 Å². The van der Waals surface area contributed by atoms with Crippen LogP contribution < -0.4 is 0 Å². The average Bonchev–Trinajstić information content (AvgIpc) is 3.15. The number of tetrazole rings is 1. The summed E-state index contributed by atoms with van der Waals surface area (Å²) < 4.78 is 1.90. The maximum Gasteiger partial charge on any atom is 0.257 e. The molecule has 0 bridgehead atoms. The lowest BCUT2D eigenvalue weighted by Crippen LogP contribution is -2.56. The summed E-state index contributed by atoms with van der Waals surface area (Å²) in [5.74, 6) is 1.34. The molecular weight excluding hydrogens is 344 g/mol. The molecule has 9 nitrogen and oxygen atoms in total. The van der Waals surface area contributed by atoms with E-state index in [1.54, 1.807) is 12.4 Å². The summed E-state index contributed by atoms with van der Waals surface area (Å²) >= 11 is 0. The van der Waals surface area contributed by atoms with Crippen molar-refractivity contribution in [3.63, 3.8) is 0 Å². The molecule has 0 aromatic carbocycles. The third-order valence-corrected chi connectivity index (χ3v) is 5.29. The third-order valence-electron chi connectivity index (χ3n) is 5.29. The van der Waals surface area contributed by atoms with Gasteiger partial charge in [-0.2, -0.15) is 0 Å². The molecule has 1 saturated heterocycles. The zero-order chi connectivity index (χ0) is 19.4. The molecule has 0 radical (unpaired) electrons. The van der Waals surface area contributed by atoms with Crippen molar-refractivity contribution in [1.29, 1.82) is 0 Å². The lowest BCUT2D eigenvalue weighted by molar-refractivity contribution is 0.0256. The van der Waals surface area contributed by atoms with E-state index in [1.807, 2.05) is 23.7 Å². The molecule has 2 aromatic heterocycles. The standard InChI is InChI=1S/C18H28N8O/c1-14(2)6-9-26-17(21-22-23-26)18(24(3)4)7-5-8-25(12-18)16(27)15-10-19-13-20-11-15/h10-11,13-14H,5-9,12H2,1-4H3. The van der Waals surface area contributed by atoms with Gasteiger partial charge in [0.2, 0.25) is 0 Å². The fraction of sp³-hybridized carbons (Fsp3) is 0.667. The zero-order valence-electron chi connectivity index (χ0n) is 16.5. The number of amides is 1. The third kappa shape index (κ3) is 3.97. The predicted octanol–water partition coefficient (Wildman–Crippen LogP) is 1.20. The second kappa shape index (κ2) is 8.08. The Morgan fingerprint density at radius 1 is 1.30 bits per heavy atom. The minimum atomic E-state index is -0.413. The number of rotatable bonds is 6. The highest BCUT2D eigenvalue weighted by molar-refractivity contribution is 5.93. The van der Waals surface area contributed by atoms with Crippen molar-refractivity contribution in [3.8, 4) is 0 Å². The maximum atomic E-state index is 12.9. The Morgan fingerprint density at radius 2 is 2.04 bits per heavy atom. The Morgan fingerprint density at radius 3 is 2.70 bits per heavy atom. The Kier molecular flexibility index (Phi) is 5.79. The van der Waals surface area contributed by atoms with Crippen LogP contribution in [0, 0.1) is 5.92 Å². The van der Waals surface area contributed by atoms with E-state index in [2.05, 4.69) is 44.2 Å². The molecule has 1 fully saturated rings. The average molecular weight is 372 g/mol. The molecule has 146 valence electrons. The van der Waals surface area contributed by atoms with E-state index in [4.69, 9.17) is 0 Å². The van der Waals surface area contributed by atoms with Gasteiger partial charge in [0.25, 0.3) is 5.91 Å². The molecule has 1 unspecified atom stereocenters. The van der Waals surface area contributed by atoms with Crippen molar-refractivity contribution in [3.05, 3.63) is 30.1 Å². The number of piperidine rings is 1.